The van der Waals surface area contributed by atoms with Gasteiger partial charge in [-0.15, -0.1) is 0 Å². The number of amides is 5. The zero-order chi connectivity index (χ0) is 38.0. The number of carbonyl (C=O) groups excluding carboxylic acids is 5. The number of pyridine rings is 1. The van der Waals surface area contributed by atoms with E-state index in [1.807, 2.05) is 13.8 Å². The van der Waals surface area contributed by atoms with Crippen LogP contribution in [0.2, 0.25) is 0 Å². The number of benzene rings is 1. The van der Waals surface area contributed by atoms with E-state index in [4.69, 9.17) is 21.7 Å². The molecule has 2 aromatic rings. The van der Waals surface area contributed by atoms with Gasteiger partial charge in [-0.1, -0.05) is 26.0 Å². The van der Waals surface area contributed by atoms with Gasteiger partial charge in [-0.3, -0.25) is 34.6 Å². The summed E-state index contributed by atoms with van der Waals surface area (Å²) in [7, 11) is 0. The Bertz CT molecular complexity index is 1510. The van der Waals surface area contributed by atoms with Gasteiger partial charge in [0.15, 0.2) is 5.96 Å². The monoisotopic (exact) mass is 725 g/mol. The van der Waals surface area contributed by atoms with Gasteiger partial charge in [0.1, 0.15) is 23.7 Å². The van der Waals surface area contributed by atoms with Gasteiger partial charge in [0.25, 0.3) is 5.91 Å². The largest absolute Gasteiger partial charge is 0.494 e. The van der Waals surface area contributed by atoms with Gasteiger partial charge in [0.2, 0.25) is 23.6 Å². The van der Waals surface area contributed by atoms with Crippen LogP contribution in [0.1, 0.15) is 61.9 Å². The van der Waals surface area contributed by atoms with Gasteiger partial charge >= 0.3 is 0 Å². The fraction of sp³-hybridized carbons (Fsp3) is 0.500. The van der Waals surface area contributed by atoms with Gasteiger partial charge in [0, 0.05) is 38.2 Å². The van der Waals surface area contributed by atoms with Crippen LogP contribution in [-0.2, 0) is 25.6 Å². The van der Waals surface area contributed by atoms with Crippen LogP contribution in [0.4, 0.5) is 5.82 Å². The molecule has 0 saturated carbocycles. The predicted octanol–water partition coefficient (Wildman–Crippen LogP) is -0.355. The molecule has 2 aliphatic heterocycles. The minimum atomic E-state index is -1.14. The highest BCUT2D eigenvalue weighted by Gasteiger charge is 2.36. The van der Waals surface area contributed by atoms with E-state index in [9.17, 15) is 29.2 Å². The summed E-state index contributed by atoms with van der Waals surface area (Å²) in [4.78, 5) is 70.6. The van der Waals surface area contributed by atoms with Gasteiger partial charge < -0.3 is 42.5 Å². The van der Waals surface area contributed by atoms with Crippen molar-refractivity contribution in [2.45, 2.75) is 64.5 Å². The van der Waals surface area contributed by atoms with Crippen molar-refractivity contribution in [1.29, 1.82) is 5.41 Å². The minimum Gasteiger partial charge on any atom is -0.494 e. The Morgan fingerprint density at radius 2 is 1.77 bits per heavy atom. The summed E-state index contributed by atoms with van der Waals surface area (Å²) >= 11 is 0. The van der Waals surface area contributed by atoms with Crippen molar-refractivity contribution in [3.8, 4) is 5.75 Å². The average Bonchev–Trinajstić information content (AvgIpc) is 3.13. The fourth-order valence-corrected chi connectivity index (χ4v) is 5.77. The van der Waals surface area contributed by atoms with Crippen LogP contribution in [0.3, 0.4) is 0 Å². The number of nitrogens with one attached hydrogen (secondary N) is 8. The van der Waals surface area contributed by atoms with Gasteiger partial charge in [-0.25, -0.2) is 16.3 Å². The summed E-state index contributed by atoms with van der Waals surface area (Å²) in [5.74, 6) is 1.47. The lowest BCUT2D eigenvalue weighted by Gasteiger charge is -2.29. The third-order valence-electron chi connectivity index (χ3n) is 8.42. The molecule has 2 aliphatic rings. The number of fused-ring (bicyclic) bond motifs is 11. The second-order valence-electron chi connectivity index (χ2n) is 12.9. The normalized spacial score (nSPS) is 18.1. The first-order valence-electron chi connectivity index (χ1n) is 17.2. The maximum Gasteiger partial charge on any atom is 0.252 e. The van der Waals surface area contributed by atoms with Gasteiger partial charge in [-0.05, 0) is 67.9 Å². The number of guanidine groups is 1. The lowest BCUT2D eigenvalue weighted by Crippen LogP contribution is -2.56. The van der Waals surface area contributed by atoms with Crippen molar-refractivity contribution in [3.05, 3.63) is 53.7 Å². The topological polar surface area (TPSA) is 288 Å². The molecule has 284 valence electrons. The number of hydroxylamine groups is 1. The summed E-state index contributed by atoms with van der Waals surface area (Å²) < 4.78 is 5.83. The third kappa shape index (κ3) is 13.3. The van der Waals surface area contributed by atoms with Crippen LogP contribution < -0.4 is 53.8 Å². The summed E-state index contributed by atoms with van der Waals surface area (Å²) in [6, 6.07) is 7.94. The third-order valence-corrected chi connectivity index (χ3v) is 8.42. The van der Waals surface area contributed by atoms with Crippen molar-refractivity contribution in [2.24, 2.45) is 29.3 Å². The molecule has 5 amide bonds. The van der Waals surface area contributed by atoms with E-state index in [0.717, 1.165) is 0 Å². The van der Waals surface area contributed by atoms with Gasteiger partial charge in [0.05, 0.1) is 18.1 Å². The second kappa shape index (κ2) is 21.0. The Morgan fingerprint density at radius 3 is 2.40 bits per heavy atom. The van der Waals surface area contributed by atoms with E-state index >= 15 is 0 Å². The summed E-state index contributed by atoms with van der Waals surface area (Å²) in [5.41, 5.74) is 10.5. The number of nitrogen functional groups attached to an aromatic ring is 1. The second-order valence-corrected chi connectivity index (χ2v) is 12.9. The van der Waals surface area contributed by atoms with Crippen molar-refractivity contribution >= 4 is 41.3 Å². The maximum atomic E-state index is 14.0. The molecule has 18 nitrogen and oxygen atoms in total. The molecule has 2 unspecified atom stereocenters. The Kier molecular flexibility index (Phi) is 16.5. The molecule has 13 N–H and O–H groups in total. The lowest BCUT2D eigenvalue weighted by molar-refractivity contribution is -0.142. The number of hydrogen-bond donors (Lipinski definition) is 11. The summed E-state index contributed by atoms with van der Waals surface area (Å²) in [6.45, 7) is 4.49. The first-order chi connectivity index (χ1) is 24.9. The van der Waals surface area contributed by atoms with Crippen LogP contribution in [0.15, 0.2) is 42.6 Å². The number of hydrazine groups is 1. The van der Waals surface area contributed by atoms with Crippen molar-refractivity contribution in [1.82, 2.24) is 37.0 Å². The number of aromatic nitrogens is 1. The molecule has 0 aliphatic carbocycles. The molecule has 0 saturated heterocycles. The van der Waals surface area contributed by atoms with Crippen LogP contribution in [0.5, 0.6) is 5.75 Å². The molecule has 0 radical (unpaired) electrons. The maximum absolute atomic E-state index is 14.0. The predicted molar refractivity (Wildman–Crippen MR) is 192 cm³/mol. The molecule has 1 aromatic heterocycles. The number of nitrogens with zero attached hydrogens (tertiary/aromatic N) is 1. The number of nitrogens with two attached hydrogens (primary N) is 2. The quantitative estimate of drug-likeness (QED) is 0.0281. The van der Waals surface area contributed by atoms with Crippen molar-refractivity contribution in [2.75, 3.05) is 31.7 Å². The molecule has 0 fully saturated rings. The summed E-state index contributed by atoms with van der Waals surface area (Å²) in [6.07, 6.45) is 2.90. The van der Waals surface area contributed by atoms with Crippen LogP contribution in [-0.4, -0.2) is 84.0 Å². The van der Waals surface area contributed by atoms with E-state index in [2.05, 4.69) is 37.0 Å². The molecule has 1 aromatic carbocycles. The highest BCUT2D eigenvalue weighted by atomic mass is 16.5. The smallest absolute Gasteiger partial charge is 0.252 e. The Balaban J connectivity index is 1.79. The molecule has 4 atom stereocenters. The lowest BCUT2D eigenvalue weighted by atomic mass is 9.81. The molecule has 0 spiro atoms. The van der Waals surface area contributed by atoms with Gasteiger partial charge in [-0.2, -0.15) is 0 Å². The van der Waals surface area contributed by atoms with Crippen LogP contribution in [0.25, 0.3) is 0 Å². The minimum absolute atomic E-state index is 0.00566. The Hall–Kier alpha value is -5.49. The molecule has 2 bridgehead atoms. The molecular weight excluding hydrogens is 674 g/mol. The number of hydrogen-bond acceptors (Lipinski definition) is 11. The fourth-order valence-electron chi connectivity index (χ4n) is 5.77. The highest BCUT2D eigenvalue weighted by Crippen LogP contribution is 2.27. The number of rotatable bonds is 15. The number of ether oxygens (including phenoxy) is 1. The number of anilines is 1. The van der Waals surface area contributed by atoms with Crippen LogP contribution >= 0.6 is 0 Å². The first-order valence-corrected chi connectivity index (χ1v) is 17.2. The molecule has 4 rings (SSSR count). The zero-order valence-electron chi connectivity index (χ0n) is 29.5. The Labute approximate surface area is 302 Å². The van der Waals surface area contributed by atoms with E-state index in [1.54, 1.807) is 29.7 Å². The van der Waals surface area contributed by atoms with Crippen molar-refractivity contribution < 1.29 is 33.9 Å². The highest BCUT2D eigenvalue weighted by molar-refractivity contribution is 5.95. The number of carbonyl (C=O) groups is 5. The van der Waals surface area contributed by atoms with Crippen molar-refractivity contribution in [3.63, 3.8) is 0 Å². The van der Waals surface area contributed by atoms with E-state index in [0.29, 0.717) is 48.6 Å². The molecule has 3 heterocycles. The molecular formula is C34H51N11O7. The van der Waals surface area contributed by atoms with E-state index in [1.165, 1.54) is 18.3 Å². The SMILES string of the molecule is CC(C)C[C@H]1C(=O)NC(C(=O)N[C@@H](CCCNC(=N)N)C(=O)NCCNC(=O)c2ccc(NN)nc2)Cc2ccc(cc2)OCCCC1C(=O)NO. The average molecular weight is 726 g/mol. The molecule has 52 heavy (non-hydrogen) atoms. The van der Waals surface area contributed by atoms with E-state index < -0.39 is 53.5 Å². The van der Waals surface area contributed by atoms with Crippen LogP contribution in [0, 0.1) is 23.2 Å². The first kappa shape index (κ1) is 40.9. The standard InChI is InChI=1S/C34H51N11O7/c1-20(2)17-25-24(31(48)45-51)5-4-16-52-23-10-7-21(8-11-23)18-27(43-30(25)47)33(50)42-26(6-3-13-40-34(35)36)32(49)39-15-14-38-29(46)22-9-12-28(44-37)41-19-22/h7-12,19-20,24-27,51H,3-6,13-18,37H2,1-2H3,(H,38,46)(H,39,49)(H,41,44)(H,42,50)(H,43,47)(H,45,48)(H4,35,36,40)/t24?,25-,26+,27?/m1/s1. The molecule has 18 heteroatoms. The Morgan fingerprint density at radius 1 is 1.04 bits per heavy atom. The summed E-state index contributed by atoms with van der Waals surface area (Å²) in [5, 5.41) is 30.6. The van der Waals surface area contributed by atoms with E-state index in [-0.39, 0.29) is 50.8 Å². The zero-order valence-corrected chi connectivity index (χ0v) is 29.5.